The number of nitrogens with one attached hydrogen (secondary N) is 2. The number of unbranched alkanes of at least 4 members (excludes halogenated alkanes) is 10. The molecule has 0 spiro atoms. The fourth-order valence-corrected chi connectivity index (χ4v) is 5.47. The van der Waals surface area contributed by atoms with E-state index < -0.39 is 11.8 Å². The topological polar surface area (TPSA) is 58.2 Å². The average molecular weight is 441 g/mol. The van der Waals surface area contributed by atoms with Gasteiger partial charge in [-0.15, -0.1) is 0 Å². The monoisotopic (exact) mass is 440 g/mol. The van der Waals surface area contributed by atoms with E-state index in [-0.39, 0.29) is 0 Å². The Hall–Kier alpha value is 0.340. The minimum absolute atomic E-state index is 0.571. The lowest BCUT2D eigenvalue weighted by atomic mass is 10.1. The zero-order valence-electron chi connectivity index (χ0n) is 16.3. The molecule has 154 valence electrons. The third kappa shape index (κ3) is 19.1. The third-order valence-electron chi connectivity index (χ3n) is 3.76. The van der Waals surface area contributed by atoms with Gasteiger partial charge in [-0.3, -0.25) is 19.0 Å². The molecule has 0 aromatic rings. The maximum absolute atomic E-state index is 11.6. The molecule has 4 nitrogen and oxygen atoms in total. The highest BCUT2D eigenvalue weighted by atomic mass is 33.1. The molecule has 0 radical (unpaired) electrons. The van der Waals surface area contributed by atoms with Crippen LogP contribution < -0.4 is 9.44 Å². The van der Waals surface area contributed by atoms with Crippen LogP contribution in [0.4, 0.5) is 0 Å². The van der Waals surface area contributed by atoms with Gasteiger partial charge < -0.3 is 0 Å². The number of carbonyl (C=O) groups excluding carboxylic acids is 2. The third-order valence-corrected chi connectivity index (χ3v) is 7.65. The fraction of sp³-hybridized carbons (Fsp3) is 0.889. The average Bonchev–Trinajstić information content (AvgIpc) is 2.65. The summed E-state index contributed by atoms with van der Waals surface area (Å²) < 4.78 is 5.16. The van der Waals surface area contributed by atoms with E-state index in [9.17, 15) is 9.59 Å². The minimum atomic E-state index is -0.571. The highest BCUT2D eigenvalue weighted by Crippen LogP contribution is 2.21. The predicted molar refractivity (Wildman–Crippen MR) is 123 cm³/mol. The van der Waals surface area contributed by atoms with Gasteiger partial charge in [-0.2, -0.15) is 0 Å². The second-order valence-corrected chi connectivity index (χ2v) is 10.7. The second-order valence-electron chi connectivity index (χ2n) is 6.21. The number of amides is 2. The van der Waals surface area contributed by atoms with E-state index in [2.05, 4.69) is 23.3 Å². The van der Waals surface area contributed by atoms with Gasteiger partial charge in [0.15, 0.2) is 0 Å². The van der Waals surface area contributed by atoms with Crippen molar-refractivity contribution in [2.75, 3.05) is 11.5 Å². The second kappa shape index (κ2) is 21.6. The van der Waals surface area contributed by atoms with Crippen molar-refractivity contribution in [3.8, 4) is 0 Å². The molecule has 0 heterocycles. The Morgan fingerprint density at radius 2 is 0.923 bits per heavy atom. The highest BCUT2D eigenvalue weighted by molar-refractivity contribution is 8.76. The van der Waals surface area contributed by atoms with E-state index in [1.807, 2.05) is 0 Å². The number of rotatable bonds is 18. The van der Waals surface area contributed by atoms with Crippen molar-refractivity contribution >= 4 is 55.4 Å². The van der Waals surface area contributed by atoms with E-state index in [1.54, 1.807) is 21.6 Å². The van der Waals surface area contributed by atoms with Crippen molar-refractivity contribution in [1.82, 2.24) is 9.44 Å². The zero-order chi connectivity index (χ0) is 19.3. The molecule has 0 saturated carbocycles. The van der Waals surface area contributed by atoms with Gasteiger partial charge in [-0.25, -0.2) is 0 Å². The summed E-state index contributed by atoms with van der Waals surface area (Å²) in [5.41, 5.74) is 0. The molecule has 0 unspecified atom stereocenters. The van der Waals surface area contributed by atoms with Gasteiger partial charge in [0.25, 0.3) is 0 Å². The maximum Gasteiger partial charge on any atom is 0.320 e. The molecular weight excluding hydrogens is 404 g/mol. The summed E-state index contributed by atoms with van der Waals surface area (Å²) in [4.78, 5) is 23.3. The number of hydrogen-bond acceptors (Lipinski definition) is 6. The lowest BCUT2D eigenvalue weighted by Crippen LogP contribution is -2.32. The van der Waals surface area contributed by atoms with Gasteiger partial charge in [0.2, 0.25) is 0 Å². The first-order chi connectivity index (χ1) is 12.7. The molecule has 0 aromatic heterocycles. The molecule has 2 N–H and O–H groups in total. The van der Waals surface area contributed by atoms with Crippen LogP contribution in [0.25, 0.3) is 0 Å². The minimum Gasteiger partial charge on any atom is -0.283 e. The van der Waals surface area contributed by atoms with Crippen LogP contribution in [0, 0.1) is 0 Å². The molecule has 0 aliphatic heterocycles. The van der Waals surface area contributed by atoms with Crippen molar-refractivity contribution in [2.24, 2.45) is 0 Å². The van der Waals surface area contributed by atoms with Crippen LogP contribution in [0.5, 0.6) is 0 Å². The standard InChI is InChI=1S/C18H36N2O2S4/c1-3-5-7-9-11-13-15-23-25-19-17(21)18(22)20-26-24-16-14-12-10-8-6-4-2/h3-16H2,1-2H3,(H,19,21)(H,20,22). The van der Waals surface area contributed by atoms with Crippen LogP contribution in [-0.2, 0) is 9.59 Å². The predicted octanol–water partition coefficient (Wildman–Crippen LogP) is 6.53. The molecule has 0 aliphatic rings. The van der Waals surface area contributed by atoms with E-state index in [4.69, 9.17) is 0 Å². The number of hydrogen-bond donors (Lipinski definition) is 2. The van der Waals surface area contributed by atoms with Gasteiger partial charge in [0, 0.05) is 33.5 Å². The van der Waals surface area contributed by atoms with Crippen molar-refractivity contribution in [3.63, 3.8) is 0 Å². The molecule has 0 bridgehead atoms. The molecule has 0 aliphatic carbocycles. The van der Waals surface area contributed by atoms with Crippen LogP contribution >= 0.6 is 43.5 Å². The molecule has 26 heavy (non-hydrogen) atoms. The Bertz CT molecular complexity index is 315. The summed E-state index contributed by atoms with van der Waals surface area (Å²) in [6.07, 6.45) is 15.2. The van der Waals surface area contributed by atoms with Gasteiger partial charge in [0.05, 0.1) is 0 Å². The largest absolute Gasteiger partial charge is 0.320 e. The van der Waals surface area contributed by atoms with Crippen molar-refractivity contribution < 1.29 is 9.59 Å². The van der Waals surface area contributed by atoms with Gasteiger partial charge in [0.1, 0.15) is 0 Å². The number of carbonyl (C=O) groups is 2. The Morgan fingerprint density at radius 3 is 1.31 bits per heavy atom. The Morgan fingerprint density at radius 1 is 0.577 bits per heavy atom. The van der Waals surface area contributed by atoms with E-state index in [0.29, 0.717) is 0 Å². The normalized spacial score (nSPS) is 10.7. The summed E-state index contributed by atoms with van der Waals surface area (Å²) in [7, 11) is 5.71. The lowest BCUT2D eigenvalue weighted by Gasteiger charge is -2.05. The molecule has 8 heteroatoms. The summed E-state index contributed by atoms with van der Waals surface area (Å²) in [5, 5.41) is 0. The molecule has 0 fully saturated rings. The van der Waals surface area contributed by atoms with Crippen molar-refractivity contribution in [1.29, 1.82) is 0 Å². The summed E-state index contributed by atoms with van der Waals surface area (Å²) in [6.45, 7) is 4.44. The first-order valence-corrected chi connectivity index (χ1v) is 14.5. The van der Waals surface area contributed by atoms with E-state index in [1.165, 1.54) is 86.2 Å². The van der Waals surface area contributed by atoms with Crippen LogP contribution in [0.15, 0.2) is 0 Å². The molecule has 0 rings (SSSR count). The summed E-state index contributed by atoms with van der Waals surface area (Å²) in [5.74, 6) is 0.861. The smallest absolute Gasteiger partial charge is 0.283 e. The quantitative estimate of drug-likeness (QED) is 0.109. The maximum atomic E-state index is 11.6. The van der Waals surface area contributed by atoms with Crippen LogP contribution in [-0.4, -0.2) is 23.3 Å². The fourth-order valence-electron chi connectivity index (χ4n) is 2.19. The molecule has 0 aromatic carbocycles. The molecule has 0 atom stereocenters. The van der Waals surface area contributed by atoms with Gasteiger partial charge in [-0.1, -0.05) is 99.6 Å². The molecule has 0 saturated heterocycles. The van der Waals surface area contributed by atoms with E-state index in [0.717, 1.165) is 24.3 Å². The van der Waals surface area contributed by atoms with E-state index >= 15 is 0 Å². The van der Waals surface area contributed by atoms with Crippen LogP contribution in [0.2, 0.25) is 0 Å². The summed E-state index contributed by atoms with van der Waals surface area (Å²) in [6, 6.07) is 0. The Labute approximate surface area is 176 Å². The molecular formula is C18H36N2O2S4. The summed E-state index contributed by atoms with van der Waals surface area (Å²) >= 11 is 0. The van der Waals surface area contributed by atoms with Gasteiger partial charge in [-0.05, 0) is 12.8 Å². The SMILES string of the molecule is CCCCCCCCSSNC(=O)C(=O)NSSCCCCCCCC. The van der Waals surface area contributed by atoms with Crippen molar-refractivity contribution in [3.05, 3.63) is 0 Å². The van der Waals surface area contributed by atoms with Gasteiger partial charge >= 0.3 is 11.8 Å². The lowest BCUT2D eigenvalue weighted by molar-refractivity contribution is -0.136. The van der Waals surface area contributed by atoms with Crippen molar-refractivity contribution in [2.45, 2.75) is 90.9 Å². The highest BCUT2D eigenvalue weighted by Gasteiger charge is 2.13. The van der Waals surface area contributed by atoms with Crippen LogP contribution in [0.3, 0.4) is 0 Å². The first-order valence-electron chi connectivity index (χ1n) is 9.89. The van der Waals surface area contributed by atoms with Crippen LogP contribution in [0.1, 0.15) is 90.9 Å². The molecule has 2 amide bonds. The Kier molecular flexibility index (Phi) is 21.9. The zero-order valence-corrected chi connectivity index (χ0v) is 19.6. The Balaban J connectivity index is 3.34. The first kappa shape index (κ1) is 26.3.